The first-order chi connectivity index (χ1) is 41.9. The first kappa shape index (κ1) is 58.8. The molecule has 0 unspecified atom stereocenters. The van der Waals surface area contributed by atoms with Gasteiger partial charge in [0, 0.05) is 16.5 Å². The highest BCUT2D eigenvalue weighted by Crippen LogP contribution is 2.66. The molecule has 2 N–H and O–H groups in total. The Kier molecular flexibility index (Phi) is 15.0. The van der Waals surface area contributed by atoms with Crippen molar-refractivity contribution in [3.05, 3.63) is 63.4 Å². The van der Waals surface area contributed by atoms with Gasteiger partial charge in [0.05, 0.1) is 55.4 Å². The van der Waals surface area contributed by atoms with Gasteiger partial charge in [-0.2, -0.15) is 0 Å². The van der Waals surface area contributed by atoms with Gasteiger partial charge in [-0.25, -0.2) is 24.0 Å². The second kappa shape index (κ2) is 22.2. The topological polar surface area (TPSA) is 191 Å². The van der Waals surface area contributed by atoms with Crippen molar-refractivity contribution in [2.24, 2.45) is 92.7 Å². The zero-order chi connectivity index (χ0) is 59.1. The van der Waals surface area contributed by atoms with E-state index in [1.807, 2.05) is 30.3 Å². The number of carbonyl (C=O) groups excluding carboxylic acids is 2. The van der Waals surface area contributed by atoms with Gasteiger partial charge >= 0.3 is 27.5 Å². The van der Waals surface area contributed by atoms with Crippen LogP contribution in [0.1, 0.15) is 210 Å². The summed E-state index contributed by atoms with van der Waals surface area (Å²) in [4.78, 5) is 56.9. The summed E-state index contributed by atoms with van der Waals surface area (Å²) in [5.74, 6) is 8.73. The molecule has 16 aliphatic carbocycles. The zero-order valence-electron chi connectivity index (χ0n) is 51.6. The SMILES string of the molecule is CC[C@@]1(OC(=O)CNP(=O)(OCCC23CC4CC(CC(C4)C2)C3)OCCC23CC4CC(CC(C4)C2)C3)C(=O)OCc2c1cc1n(c2=O)Cc2cc3ccccc3nc2-1.O=P(O)(OCCC12CC3CC(CC(C3)C1)C2)OCCC12CC3CC(CC(C3)C1)C2. The molecule has 87 heavy (non-hydrogen) atoms. The van der Waals surface area contributed by atoms with E-state index in [2.05, 4.69) is 5.09 Å². The molecule has 16 fully saturated rings. The zero-order valence-corrected chi connectivity index (χ0v) is 53.4. The third-order valence-electron chi connectivity index (χ3n) is 26.3. The van der Waals surface area contributed by atoms with Crippen LogP contribution in [0.5, 0.6) is 0 Å². The predicted octanol–water partition coefficient (Wildman–Crippen LogP) is 14.9. The minimum absolute atomic E-state index is 0.0340. The van der Waals surface area contributed by atoms with Crippen molar-refractivity contribution in [2.75, 3.05) is 33.0 Å². The predicted molar refractivity (Wildman–Crippen MR) is 329 cm³/mol. The van der Waals surface area contributed by atoms with E-state index in [0.717, 1.165) is 113 Å². The molecule has 4 heterocycles. The van der Waals surface area contributed by atoms with Crippen LogP contribution in [0.4, 0.5) is 0 Å². The molecule has 0 amide bonds. The molecule has 17 heteroatoms. The Morgan fingerprint density at radius 1 is 0.609 bits per heavy atom. The number of aromatic nitrogens is 2. The van der Waals surface area contributed by atoms with E-state index in [1.54, 1.807) is 17.6 Å². The molecular weight excluding hydrogens is 1140 g/mol. The van der Waals surface area contributed by atoms with E-state index in [9.17, 15) is 28.4 Å². The number of hydrogen-bond acceptors (Lipinski definition) is 12. The number of phosphoric ester groups is 1. The summed E-state index contributed by atoms with van der Waals surface area (Å²) in [7, 11) is -7.87. The van der Waals surface area contributed by atoms with Crippen molar-refractivity contribution in [3.63, 3.8) is 0 Å². The number of benzene rings is 1. The number of pyridine rings is 2. The first-order valence-electron chi connectivity index (χ1n) is 34.7. The first-order valence-corrected chi connectivity index (χ1v) is 37.7. The third-order valence-corrected chi connectivity index (χ3v) is 28.9. The Morgan fingerprint density at radius 3 is 1.43 bits per heavy atom. The number of nitrogens with zero attached hydrogens (tertiary/aromatic N) is 2. The number of fused-ring (bicyclic) bond motifs is 5. The van der Waals surface area contributed by atoms with Crippen LogP contribution in [-0.4, -0.2) is 59.4 Å². The number of carbonyl (C=O) groups is 2. The van der Waals surface area contributed by atoms with Gasteiger partial charge in [0.15, 0.2) is 0 Å². The van der Waals surface area contributed by atoms with E-state index in [1.165, 1.54) is 154 Å². The summed E-state index contributed by atoms with van der Waals surface area (Å²) in [6.07, 6.45) is 35.6. The average Bonchev–Trinajstić information content (AvgIpc) is 1.77. The fourth-order valence-corrected chi connectivity index (χ4v) is 26.5. The van der Waals surface area contributed by atoms with Crippen molar-refractivity contribution in [2.45, 2.75) is 212 Å². The van der Waals surface area contributed by atoms with Gasteiger partial charge in [-0.15, -0.1) is 0 Å². The van der Waals surface area contributed by atoms with Gasteiger partial charge in [-0.05, 0) is 297 Å². The Hall–Kier alpha value is -3.26. The summed E-state index contributed by atoms with van der Waals surface area (Å²) < 4.78 is 64.0. The van der Waals surface area contributed by atoms with Gasteiger partial charge in [0.2, 0.25) is 5.60 Å². The van der Waals surface area contributed by atoms with Gasteiger partial charge in [0.25, 0.3) is 5.56 Å². The van der Waals surface area contributed by atoms with Crippen LogP contribution in [0.3, 0.4) is 0 Å². The summed E-state index contributed by atoms with van der Waals surface area (Å²) in [5.41, 5.74) is 2.59. The van der Waals surface area contributed by atoms with Crippen molar-refractivity contribution in [1.29, 1.82) is 0 Å². The van der Waals surface area contributed by atoms with Crippen LogP contribution >= 0.6 is 15.6 Å². The second-order valence-corrected chi connectivity index (χ2v) is 35.8. The summed E-state index contributed by atoms with van der Waals surface area (Å²) in [5, 5.41) is 3.85. The molecule has 15 nitrogen and oxygen atoms in total. The number of para-hydroxylation sites is 1. The molecule has 18 aliphatic rings. The van der Waals surface area contributed by atoms with Crippen LogP contribution in [0.15, 0.2) is 41.2 Å². The van der Waals surface area contributed by atoms with E-state index in [-0.39, 0.29) is 35.0 Å². The molecular formula is C70H95N3O12P2. The van der Waals surface area contributed by atoms with Crippen LogP contribution in [-0.2, 0) is 65.0 Å². The Morgan fingerprint density at radius 2 is 1.01 bits per heavy atom. The largest absolute Gasteiger partial charge is 0.472 e. The maximum Gasteiger partial charge on any atom is 0.472 e. The summed E-state index contributed by atoms with van der Waals surface area (Å²) in [6, 6.07) is 11.6. The molecule has 0 radical (unpaired) electrons. The minimum atomic E-state index is -3.96. The molecule has 472 valence electrons. The lowest BCUT2D eigenvalue weighted by Crippen LogP contribution is -2.48. The van der Waals surface area contributed by atoms with Crippen LogP contribution < -0.4 is 10.6 Å². The average molecular weight is 1230 g/mol. The Balaban J connectivity index is 0.000000176. The number of nitrogens with one attached hydrogen (secondary N) is 1. The molecule has 1 atom stereocenters. The molecule has 0 spiro atoms. The molecule has 1 aromatic carbocycles. The van der Waals surface area contributed by atoms with E-state index < -0.39 is 39.7 Å². The molecule has 2 aliphatic heterocycles. The Bertz CT molecular complexity index is 3110. The number of rotatable bonds is 21. The molecule has 16 bridgehead atoms. The maximum atomic E-state index is 14.7. The van der Waals surface area contributed by atoms with E-state index >= 15 is 0 Å². The monoisotopic (exact) mass is 1230 g/mol. The third kappa shape index (κ3) is 11.3. The molecule has 2 aromatic heterocycles. The van der Waals surface area contributed by atoms with E-state index in [0.29, 0.717) is 60.8 Å². The number of hydrogen-bond donors (Lipinski definition) is 2. The minimum Gasteiger partial charge on any atom is -0.457 e. The molecule has 21 rings (SSSR count). The standard InChI is InChI=1S/C46H56N3O8P.C24H39O4P/c1-2-46(37-18-39-41-35(17-34-5-3-4-6-38(34)48-41)26-49(39)42(51)36(37)27-54-43(46)52)57-40(50)25-47-58(53,55-9-7-44-19-28-11-29(20-44)13-30(12-28)21-44)56-10-8-45-22-31-14-32(23-45)16-33(15-31)24-45;25-29(26,27-3-1-23-11-17-5-18(12-23)7-19(6-17)13-23)28-4-2-24-14-20-8-21(15-24)10-22(9-20)16-24/h3-6,17-18,28-33H,2,7-16,19-27H2,1H3,(H,47,53);17-22H,1-16H2,(H,25,26)/t28?,29?,30?,31?,32?,33?,44?,45?,46-,58?;/m0./s1. The van der Waals surface area contributed by atoms with Gasteiger partial charge in [-0.3, -0.25) is 27.7 Å². The number of phosphoric acid groups is 1. The van der Waals surface area contributed by atoms with Crippen molar-refractivity contribution >= 4 is 38.4 Å². The summed E-state index contributed by atoms with van der Waals surface area (Å²) >= 11 is 0. The van der Waals surface area contributed by atoms with Crippen LogP contribution in [0, 0.1) is 92.7 Å². The van der Waals surface area contributed by atoms with Gasteiger partial charge in [0.1, 0.15) is 13.2 Å². The number of cyclic esters (lactones) is 1. The molecule has 16 saturated carbocycles. The highest BCUT2D eigenvalue weighted by Gasteiger charge is 2.56. The second-order valence-electron chi connectivity index (χ2n) is 32.5. The van der Waals surface area contributed by atoms with Crippen LogP contribution in [0.2, 0.25) is 0 Å². The highest BCUT2D eigenvalue weighted by molar-refractivity contribution is 7.51. The fourth-order valence-electron chi connectivity index (χ4n) is 24.5. The van der Waals surface area contributed by atoms with Crippen molar-refractivity contribution in [3.8, 4) is 11.4 Å². The lowest BCUT2D eigenvalue weighted by atomic mass is 9.49. The quantitative estimate of drug-likeness (QED) is 0.0592. The van der Waals surface area contributed by atoms with Crippen molar-refractivity contribution in [1.82, 2.24) is 14.6 Å². The number of esters is 2. The maximum absolute atomic E-state index is 14.7. The highest BCUT2D eigenvalue weighted by atomic mass is 31.2. The summed E-state index contributed by atoms with van der Waals surface area (Å²) in [6.45, 7) is 2.70. The fraction of sp³-hybridized carbons (Fsp3) is 0.771. The van der Waals surface area contributed by atoms with Crippen molar-refractivity contribution < 1.29 is 51.2 Å². The van der Waals surface area contributed by atoms with Gasteiger partial charge in [-0.1, -0.05) is 25.1 Å². The van der Waals surface area contributed by atoms with Gasteiger partial charge < -0.3 is 18.9 Å². The number of ether oxygens (including phenoxy) is 2. The smallest absolute Gasteiger partial charge is 0.457 e. The molecule has 0 saturated heterocycles. The Labute approximate surface area is 514 Å². The molecule has 3 aromatic rings. The van der Waals surface area contributed by atoms with Crippen LogP contribution in [0.25, 0.3) is 22.3 Å². The lowest BCUT2D eigenvalue weighted by Gasteiger charge is -2.57. The van der Waals surface area contributed by atoms with E-state index in [4.69, 9.17) is 32.6 Å². The normalized spacial score (nSPS) is 41.0. The lowest BCUT2D eigenvalue weighted by molar-refractivity contribution is -0.188.